The topological polar surface area (TPSA) is 107 Å². The van der Waals surface area contributed by atoms with Crippen LogP contribution in [0, 0.1) is 11.3 Å². The number of aromatic nitrogens is 3. The van der Waals surface area contributed by atoms with Gasteiger partial charge in [-0.3, -0.25) is 9.88 Å². The molecular formula is C27H33N7O2. The van der Waals surface area contributed by atoms with Gasteiger partial charge in [-0.25, -0.2) is 14.8 Å². The van der Waals surface area contributed by atoms with E-state index in [1.165, 1.54) is 37.3 Å². The Balaban J connectivity index is 1.47. The fraction of sp³-hybridized carbons (Fsp3) is 0.444. The minimum absolute atomic E-state index is 0.0125. The Labute approximate surface area is 212 Å². The number of carbonyl (C=O) groups is 1. The van der Waals surface area contributed by atoms with Crippen LogP contribution >= 0.6 is 0 Å². The molecule has 0 unspecified atom stereocenters. The van der Waals surface area contributed by atoms with E-state index in [1.807, 2.05) is 38.1 Å². The molecule has 1 saturated heterocycles. The average Bonchev–Trinajstić information content (AvgIpc) is 2.90. The van der Waals surface area contributed by atoms with Gasteiger partial charge in [0.15, 0.2) is 11.5 Å². The monoisotopic (exact) mass is 487 g/mol. The number of piperidine rings is 1. The largest absolute Gasteiger partial charge is 0.478 e. The second-order valence-corrected chi connectivity index (χ2v) is 9.36. The summed E-state index contributed by atoms with van der Waals surface area (Å²) in [6.07, 6.45) is 6.39. The molecule has 9 nitrogen and oxygen atoms in total. The Kier molecular flexibility index (Phi) is 8.28. The van der Waals surface area contributed by atoms with Crippen molar-refractivity contribution in [1.29, 1.82) is 5.26 Å². The number of anilines is 1. The van der Waals surface area contributed by atoms with Crippen molar-refractivity contribution < 1.29 is 9.53 Å². The Morgan fingerprint density at radius 1 is 1.17 bits per heavy atom. The van der Waals surface area contributed by atoms with Gasteiger partial charge in [-0.05, 0) is 70.0 Å². The van der Waals surface area contributed by atoms with Crippen molar-refractivity contribution in [3.8, 4) is 23.1 Å². The number of nitrogens with zero attached hydrogens (tertiary/aromatic N) is 6. The lowest BCUT2D eigenvalue weighted by Gasteiger charge is -2.26. The molecule has 1 aromatic carbocycles. The van der Waals surface area contributed by atoms with Crippen molar-refractivity contribution in [3.63, 3.8) is 0 Å². The molecule has 1 fully saturated rings. The third-order valence-electron chi connectivity index (χ3n) is 6.19. The maximum Gasteiger partial charge on any atom is 0.323 e. The van der Waals surface area contributed by atoms with Crippen molar-refractivity contribution in [2.24, 2.45) is 0 Å². The number of nitrogens with one attached hydrogen (secondary N) is 1. The van der Waals surface area contributed by atoms with E-state index in [9.17, 15) is 10.1 Å². The van der Waals surface area contributed by atoms with Crippen molar-refractivity contribution in [2.45, 2.75) is 45.6 Å². The zero-order valence-electron chi connectivity index (χ0n) is 21.2. The fourth-order valence-corrected chi connectivity index (χ4v) is 4.27. The number of ether oxygens (including phenoxy) is 1. The third kappa shape index (κ3) is 6.26. The van der Waals surface area contributed by atoms with Crippen LogP contribution in [0.15, 0.2) is 36.5 Å². The van der Waals surface area contributed by atoms with E-state index >= 15 is 0 Å². The van der Waals surface area contributed by atoms with E-state index in [1.54, 1.807) is 19.3 Å². The van der Waals surface area contributed by atoms with E-state index in [4.69, 9.17) is 4.74 Å². The van der Waals surface area contributed by atoms with Crippen LogP contribution in [-0.4, -0.2) is 65.2 Å². The summed E-state index contributed by atoms with van der Waals surface area (Å²) in [5, 5.41) is 12.6. The number of rotatable bonds is 8. The van der Waals surface area contributed by atoms with E-state index in [2.05, 4.69) is 31.2 Å². The smallest absolute Gasteiger partial charge is 0.323 e. The molecule has 0 spiro atoms. The minimum Gasteiger partial charge on any atom is -0.478 e. The Bertz CT molecular complexity index is 1250. The molecule has 0 bridgehead atoms. The highest BCUT2D eigenvalue weighted by Gasteiger charge is 2.15. The van der Waals surface area contributed by atoms with Crippen LogP contribution in [0.3, 0.4) is 0 Å². The Hall–Kier alpha value is -3.77. The number of hydrogen-bond acceptors (Lipinski definition) is 7. The molecule has 3 aromatic rings. The highest BCUT2D eigenvalue weighted by Crippen LogP contribution is 2.27. The maximum absolute atomic E-state index is 12.4. The number of nitriles is 1. The molecule has 0 atom stereocenters. The van der Waals surface area contributed by atoms with E-state index in [0.29, 0.717) is 40.6 Å². The summed E-state index contributed by atoms with van der Waals surface area (Å²) in [5.41, 5.74) is 3.10. The lowest BCUT2D eigenvalue weighted by Crippen LogP contribution is -2.41. The molecule has 0 radical (unpaired) electrons. The van der Waals surface area contributed by atoms with Crippen LogP contribution in [-0.2, 0) is 0 Å². The zero-order chi connectivity index (χ0) is 25.5. The van der Waals surface area contributed by atoms with Gasteiger partial charge in [0.25, 0.3) is 0 Å². The molecule has 2 aromatic heterocycles. The summed E-state index contributed by atoms with van der Waals surface area (Å²) >= 11 is 0. The van der Waals surface area contributed by atoms with Gasteiger partial charge in [-0.2, -0.15) is 5.26 Å². The van der Waals surface area contributed by atoms with Gasteiger partial charge in [0.1, 0.15) is 6.07 Å². The van der Waals surface area contributed by atoms with Gasteiger partial charge in [0, 0.05) is 31.3 Å². The molecule has 1 aliphatic rings. The van der Waals surface area contributed by atoms with Gasteiger partial charge in [-0.1, -0.05) is 12.5 Å². The number of amides is 2. The van der Waals surface area contributed by atoms with Gasteiger partial charge < -0.3 is 15.0 Å². The number of benzene rings is 1. The summed E-state index contributed by atoms with van der Waals surface area (Å²) in [4.78, 5) is 29.8. The highest BCUT2D eigenvalue weighted by atomic mass is 16.5. The summed E-state index contributed by atoms with van der Waals surface area (Å²) < 4.78 is 5.84. The molecule has 0 saturated carbocycles. The van der Waals surface area contributed by atoms with Crippen molar-refractivity contribution in [3.05, 3.63) is 42.2 Å². The molecular weight excluding hydrogens is 454 g/mol. The first-order valence-corrected chi connectivity index (χ1v) is 12.5. The SMILES string of the molecule is CC(C)NC(=O)N(C)c1cnc2ccc(-c3ccc(OCCCN4CCCCC4)nc3C#N)cc2n1. The van der Waals surface area contributed by atoms with Gasteiger partial charge >= 0.3 is 6.03 Å². The summed E-state index contributed by atoms with van der Waals surface area (Å²) in [5.74, 6) is 0.888. The molecule has 3 heterocycles. The number of fused-ring (bicyclic) bond motifs is 1. The fourth-order valence-electron chi connectivity index (χ4n) is 4.27. The lowest BCUT2D eigenvalue weighted by atomic mass is 10.0. The number of urea groups is 1. The van der Waals surface area contributed by atoms with Crippen LogP contribution in [0.5, 0.6) is 5.88 Å². The number of carbonyl (C=O) groups excluding carboxylic acids is 1. The number of hydrogen-bond donors (Lipinski definition) is 1. The number of likely N-dealkylation sites (tertiary alicyclic amines) is 1. The third-order valence-corrected chi connectivity index (χ3v) is 6.19. The second kappa shape index (κ2) is 11.8. The molecule has 0 aliphatic carbocycles. The first-order chi connectivity index (χ1) is 17.4. The Morgan fingerprint density at radius 3 is 2.72 bits per heavy atom. The maximum atomic E-state index is 12.4. The summed E-state index contributed by atoms with van der Waals surface area (Å²) in [6, 6.07) is 11.2. The highest BCUT2D eigenvalue weighted by molar-refractivity contribution is 5.92. The Morgan fingerprint density at radius 2 is 1.97 bits per heavy atom. The van der Waals surface area contributed by atoms with E-state index in [0.717, 1.165) is 18.5 Å². The predicted molar refractivity (Wildman–Crippen MR) is 140 cm³/mol. The molecule has 1 N–H and O–H groups in total. The molecule has 4 rings (SSSR count). The molecule has 2 amide bonds. The number of pyridine rings is 1. The van der Waals surface area contributed by atoms with Crippen molar-refractivity contribution >= 4 is 22.9 Å². The van der Waals surface area contributed by atoms with E-state index in [-0.39, 0.29) is 12.1 Å². The van der Waals surface area contributed by atoms with Crippen LogP contribution < -0.4 is 15.0 Å². The van der Waals surface area contributed by atoms with Crippen LogP contribution in [0.1, 0.15) is 45.2 Å². The lowest BCUT2D eigenvalue weighted by molar-refractivity contribution is 0.203. The van der Waals surface area contributed by atoms with Gasteiger partial charge in [-0.15, -0.1) is 0 Å². The van der Waals surface area contributed by atoms with Gasteiger partial charge in [0.05, 0.1) is 23.8 Å². The van der Waals surface area contributed by atoms with Gasteiger partial charge in [0.2, 0.25) is 5.88 Å². The summed E-state index contributed by atoms with van der Waals surface area (Å²) in [6.45, 7) is 7.74. The standard InChI is InChI=1S/C27H33N7O2/c1-19(2)30-27(35)33(3)25-18-29-22-10-8-20(16-23(22)31-25)21-9-11-26(32-24(21)17-28)36-15-7-14-34-12-5-4-6-13-34/h8-11,16,18-19H,4-7,12-15H2,1-3H3,(H,30,35). The normalized spacial score (nSPS) is 14.0. The average molecular weight is 488 g/mol. The molecule has 1 aliphatic heterocycles. The molecule has 36 heavy (non-hydrogen) atoms. The van der Waals surface area contributed by atoms with Crippen LogP contribution in [0.4, 0.5) is 10.6 Å². The molecule has 9 heteroatoms. The van der Waals surface area contributed by atoms with E-state index < -0.39 is 0 Å². The van der Waals surface area contributed by atoms with Crippen molar-refractivity contribution in [1.82, 2.24) is 25.2 Å². The summed E-state index contributed by atoms with van der Waals surface area (Å²) in [7, 11) is 1.65. The molecule has 188 valence electrons. The van der Waals surface area contributed by atoms with Crippen LogP contribution in [0.2, 0.25) is 0 Å². The zero-order valence-corrected chi connectivity index (χ0v) is 21.2. The second-order valence-electron chi connectivity index (χ2n) is 9.36. The first kappa shape index (κ1) is 25.3. The quantitative estimate of drug-likeness (QED) is 0.470. The predicted octanol–water partition coefficient (Wildman–Crippen LogP) is 4.37. The minimum atomic E-state index is -0.253. The first-order valence-electron chi connectivity index (χ1n) is 12.5. The van der Waals surface area contributed by atoms with Crippen LogP contribution in [0.25, 0.3) is 22.2 Å². The van der Waals surface area contributed by atoms with Crippen molar-refractivity contribution in [2.75, 3.05) is 38.2 Å².